The Morgan fingerprint density at radius 1 is 1.27 bits per heavy atom. The zero-order valence-corrected chi connectivity index (χ0v) is 9.03. The summed E-state index contributed by atoms with van der Waals surface area (Å²) in [6.07, 6.45) is 0. The average molecular weight is 233 g/mol. The second-order valence-corrected chi connectivity index (χ2v) is 4.05. The van der Waals surface area contributed by atoms with Crippen LogP contribution < -0.4 is 10.5 Å². The Hall–Kier alpha value is -0.810. The predicted octanol–water partition coefficient (Wildman–Crippen LogP) is 2.04. The summed E-state index contributed by atoms with van der Waals surface area (Å²) in [5.41, 5.74) is 5.30. The minimum absolute atomic E-state index is 0.0877. The quantitative estimate of drug-likeness (QED) is 0.764. The Bertz CT molecular complexity index is 309. The lowest BCUT2D eigenvalue weighted by Gasteiger charge is -2.06. The third-order valence-corrected chi connectivity index (χ3v) is 2.62. The molecule has 0 heterocycles. The van der Waals surface area contributed by atoms with Crippen LogP contribution in [0.4, 0.5) is 8.78 Å². The van der Waals surface area contributed by atoms with Crippen molar-refractivity contribution in [2.45, 2.75) is 0 Å². The number of hydrogen-bond donors (Lipinski definition) is 1. The summed E-state index contributed by atoms with van der Waals surface area (Å²) >= 11 is 1.63. The number of halogens is 2. The fourth-order valence-electron chi connectivity index (χ4n) is 0.988. The molecule has 1 aromatic carbocycles. The largest absolute Gasteiger partial charge is 0.490 e. The monoisotopic (exact) mass is 233 g/mol. The molecule has 0 unspecified atom stereocenters. The summed E-state index contributed by atoms with van der Waals surface area (Å²) in [6, 6.07) is 3.27. The molecule has 0 aromatic heterocycles. The van der Waals surface area contributed by atoms with Crippen LogP contribution in [-0.4, -0.2) is 24.7 Å². The minimum atomic E-state index is -0.668. The van der Waals surface area contributed by atoms with Crippen molar-refractivity contribution in [3.63, 3.8) is 0 Å². The molecule has 0 aliphatic heterocycles. The van der Waals surface area contributed by atoms with Crippen LogP contribution in [0.25, 0.3) is 0 Å². The molecule has 0 radical (unpaired) electrons. The molecule has 15 heavy (non-hydrogen) atoms. The lowest BCUT2D eigenvalue weighted by atomic mass is 10.3. The van der Waals surface area contributed by atoms with E-state index >= 15 is 0 Å². The highest BCUT2D eigenvalue weighted by Gasteiger charge is 2.03. The first-order valence-electron chi connectivity index (χ1n) is 4.59. The first kappa shape index (κ1) is 12.3. The Morgan fingerprint density at radius 2 is 2.07 bits per heavy atom. The van der Waals surface area contributed by atoms with Crippen molar-refractivity contribution >= 4 is 11.8 Å². The van der Waals surface area contributed by atoms with Gasteiger partial charge in [0.05, 0.1) is 6.61 Å². The molecule has 5 heteroatoms. The maximum absolute atomic E-state index is 13.0. The molecule has 0 spiro atoms. The van der Waals surface area contributed by atoms with Crippen molar-refractivity contribution in [1.82, 2.24) is 0 Å². The van der Waals surface area contributed by atoms with Crippen LogP contribution in [0.2, 0.25) is 0 Å². The summed E-state index contributed by atoms with van der Waals surface area (Å²) in [4.78, 5) is 0. The predicted molar refractivity (Wildman–Crippen MR) is 58.2 cm³/mol. The first-order valence-corrected chi connectivity index (χ1v) is 5.75. The van der Waals surface area contributed by atoms with Crippen molar-refractivity contribution in [2.24, 2.45) is 5.73 Å². The minimum Gasteiger partial charge on any atom is -0.490 e. The maximum Gasteiger partial charge on any atom is 0.167 e. The van der Waals surface area contributed by atoms with Crippen LogP contribution in [0, 0.1) is 11.6 Å². The summed E-state index contributed by atoms with van der Waals surface area (Å²) in [6.45, 7) is 1.02. The van der Waals surface area contributed by atoms with E-state index in [0.29, 0.717) is 13.2 Å². The smallest absolute Gasteiger partial charge is 0.167 e. The second-order valence-electron chi connectivity index (χ2n) is 2.82. The van der Waals surface area contributed by atoms with Crippen LogP contribution >= 0.6 is 11.8 Å². The molecule has 0 saturated carbocycles. The first-order chi connectivity index (χ1) is 7.24. The summed E-state index contributed by atoms with van der Waals surface area (Å²) < 4.78 is 30.7. The Labute approximate surface area is 91.8 Å². The Balaban J connectivity index is 2.31. The number of ether oxygens (including phenoxy) is 1. The van der Waals surface area contributed by atoms with E-state index in [4.69, 9.17) is 10.5 Å². The third-order valence-electron chi connectivity index (χ3n) is 1.64. The van der Waals surface area contributed by atoms with Gasteiger partial charge in [-0.1, -0.05) is 0 Å². The average Bonchev–Trinajstić information content (AvgIpc) is 2.20. The van der Waals surface area contributed by atoms with Gasteiger partial charge in [0.15, 0.2) is 11.6 Å². The van der Waals surface area contributed by atoms with Gasteiger partial charge in [-0.05, 0) is 12.1 Å². The summed E-state index contributed by atoms with van der Waals surface area (Å²) in [5, 5.41) is 0. The van der Waals surface area contributed by atoms with Crippen molar-refractivity contribution < 1.29 is 13.5 Å². The van der Waals surface area contributed by atoms with Gasteiger partial charge in [-0.3, -0.25) is 0 Å². The van der Waals surface area contributed by atoms with E-state index in [1.807, 2.05) is 0 Å². The van der Waals surface area contributed by atoms with Gasteiger partial charge in [0.1, 0.15) is 5.82 Å². The number of hydrogen-bond acceptors (Lipinski definition) is 3. The molecule has 0 saturated heterocycles. The van der Waals surface area contributed by atoms with E-state index < -0.39 is 11.6 Å². The molecule has 0 atom stereocenters. The van der Waals surface area contributed by atoms with E-state index in [2.05, 4.69) is 0 Å². The van der Waals surface area contributed by atoms with Crippen molar-refractivity contribution in [1.29, 1.82) is 0 Å². The molecule has 2 N–H and O–H groups in total. The molecular weight excluding hydrogens is 220 g/mol. The highest BCUT2D eigenvalue weighted by atomic mass is 32.2. The van der Waals surface area contributed by atoms with E-state index in [1.54, 1.807) is 11.8 Å². The zero-order chi connectivity index (χ0) is 11.1. The van der Waals surface area contributed by atoms with Crippen molar-refractivity contribution in [2.75, 3.05) is 24.7 Å². The number of benzene rings is 1. The topological polar surface area (TPSA) is 35.2 Å². The van der Waals surface area contributed by atoms with Crippen LogP contribution in [0.15, 0.2) is 18.2 Å². The zero-order valence-electron chi connectivity index (χ0n) is 8.21. The number of nitrogens with two attached hydrogens (primary N) is 1. The van der Waals surface area contributed by atoms with Crippen LogP contribution in [0.1, 0.15) is 0 Å². The SMILES string of the molecule is NCCSCCOc1ccc(F)cc1F. The van der Waals surface area contributed by atoms with Gasteiger partial charge < -0.3 is 10.5 Å². The molecule has 0 fully saturated rings. The van der Waals surface area contributed by atoms with Crippen LogP contribution in [0.5, 0.6) is 5.75 Å². The standard InChI is InChI=1S/C10H13F2NOS/c11-8-1-2-10(9(12)7-8)14-4-6-15-5-3-13/h1-2,7H,3-6,13H2. The van der Waals surface area contributed by atoms with Gasteiger partial charge >= 0.3 is 0 Å². The van der Waals surface area contributed by atoms with Crippen molar-refractivity contribution in [3.05, 3.63) is 29.8 Å². The highest BCUT2D eigenvalue weighted by Crippen LogP contribution is 2.17. The molecular formula is C10H13F2NOS. The normalized spacial score (nSPS) is 10.3. The lowest BCUT2D eigenvalue weighted by molar-refractivity contribution is 0.323. The van der Waals surface area contributed by atoms with E-state index in [9.17, 15) is 8.78 Å². The molecule has 0 amide bonds. The van der Waals surface area contributed by atoms with Gasteiger partial charge in [-0.2, -0.15) is 11.8 Å². The van der Waals surface area contributed by atoms with Gasteiger partial charge in [-0.15, -0.1) is 0 Å². The van der Waals surface area contributed by atoms with Gasteiger partial charge in [0.2, 0.25) is 0 Å². The molecule has 2 nitrogen and oxygen atoms in total. The molecule has 84 valence electrons. The van der Waals surface area contributed by atoms with Gasteiger partial charge in [0, 0.05) is 24.1 Å². The number of rotatable bonds is 6. The van der Waals surface area contributed by atoms with Crippen molar-refractivity contribution in [3.8, 4) is 5.75 Å². The highest BCUT2D eigenvalue weighted by molar-refractivity contribution is 7.99. The van der Waals surface area contributed by atoms with E-state index in [-0.39, 0.29) is 5.75 Å². The van der Waals surface area contributed by atoms with E-state index in [1.165, 1.54) is 12.1 Å². The fraction of sp³-hybridized carbons (Fsp3) is 0.400. The summed E-state index contributed by atoms with van der Waals surface area (Å²) in [7, 11) is 0. The molecule has 1 rings (SSSR count). The van der Waals surface area contributed by atoms with E-state index in [0.717, 1.165) is 17.6 Å². The fourth-order valence-corrected chi connectivity index (χ4v) is 1.56. The molecule has 0 aliphatic carbocycles. The third kappa shape index (κ3) is 4.48. The molecule has 1 aromatic rings. The Kier molecular flexibility index (Phi) is 5.42. The van der Waals surface area contributed by atoms with Crippen LogP contribution in [-0.2, 0) is 0 Å². The van der Waals surface area contributed by atoms with Gasteiger partial charge in [-0.25, -0.2) is 8.78 Å². The molecule has 0 aliphatic rings. The second kappa shape index (κ2) is 6.63. The molecule has 0 bridgehead atoms. The maximum atomic E-state index is 13.0. The van der Waals surface area contributed by atoms with Gasteiger partial charge in [0.25, 0.3) is 0 Å². The number of thioether (sulfide) groups is 1. The van der Waals surface area contributed by atoms with Crippen LogP contribution in [0.3, 0.4) is 0 Å². The Morgan fingerprint density at radius 3 is 2.73 bits per heavy atom. The summed E-state index contributed by atoms with van der Waals surface area (Å²) in [5.74, 6) is 0.421. The lowest BCUT2D eigenvalue weighted by Crippen LogP contribution is -2.06.